The minimum Gasteiger partial charge on any atom is -0.480 e. The molecule has 0 bridgehead atoms. The van der Waals surface area contributed by atoms with E-state index in [1.807, 2.05) is 6.07 Å². The summed E-state index contributed by atoms with van der Waals surface area (Å²) in [4.78, 5) is 24.2. The van der Waals surface area contributed by atoms with E-state index in [1.54, 1.807) is 24.3 Å². The van der Waals surface area contributed by atoms with Crippen molar-refractivity contribution in [2.75, 3.05) is 6.54 Å². The first-order valence-electron chi connectivity index (χ1n) is 6.41. The fraction of sp³-hybridized carbons (Fsp3) is 0.267. The molecule has 6 heteroatoms. The van der Waals surface area contributed by atoms with Gasteiger partial charge in [-0.1, -0.05) is 12.1 Å². The smallest absolute Gasteiger partial charge is 0.326 e. The number of rotatable bonds is 3. The molecule has 2 N–H and O–H groups in total. The van der Waals surface area contributed by atoms with Crippen molar-refractivity contribution in [3.05, 3.63) is 41.5 Å². The molecule has 1 fully saturated rings. The van der Waals surface area contributed by atoms with Crippen molar-refractivity contribution in [2.45, 2.75) is 18.6 Å². The van der Waals surface area contributed by atoms with Gasteiger partial charge in [0.2, 0.25) is 5.91 Å². The number of carbonyl (C=O) groups excluding carboxylic acids is 1. The number of carbonyl (C=O) groups is 2. The van der Waals surface area contributed by atoms with Gasteiger partial charge in [-0.25, -0.2) is 4.79 Å². The zero-order valence-corrected chi connectivity index (χ0v) is 11.1. The van der Waals surface area contributed by atoms with Gasteiger partial charge in [0.25, 0.3) is 0 Å². The first kappa shape index (κ1) is 14.8. The third-order valence-corrected chi connectivity index (χ3v) is 3.28. The zero-order valence-electron chi connectivity index (χ0n) is 11.1. The summed E-state index contributed by atoms with van der Waals surface area (Å²) in [5, 5.41) is 27.3. The fourth-order valence-electron chi connectivity index (χ4n) is 2.27. The van der Waals surface area contributed by atoms with E-state index in [0.29, 0.717) is 11.1 Å². The molecule has 2 rings (SSSR count). The highest BCUT2D eigenvalue weighted by atomic mass is 16.4. The first-order chi connectivity index (χ1) is 10.0. The maximum absolute atomic E-state index is 12.0. The van der Waals surface area contributed by atoms with Crippen LogP contribution >= 0.6 is 0 Å². The van der Waals surface area contributed by atoms with Gasteiger partial charge in [0.05, 0.1) is 17.7 Å². The summed E-state index contributed by atoms with van der Waals surface area (Å²) >= 11 is 0. The molecule has 6 nitrogen and oxygen atoms in total. The predicted molar refractivity (Wildman–Crippen MR) is 74.0 cm³/mol. The second-order valence-corrected chi connectivity index (χ2v) is 4.80. The van der Waals surface area contributed by atoms with Crippen LogP contribution in [-0.2, 0) is 9.59 Å². The molecule has 0 aromatic heterocycles. The third-order valence-electron chi connectivity index (χ3n) is 3.28. The van der Waals surface area contributed by atoms with Crippen molar-refractivity contribution < 1.29 is 19.8 Å². The number of benzene rings is 1. The number of hydrogen-bond acceptors (Lipinski definition) is 4. The number of aliphatic carboxylic acids is 1. The molecule has 0 aliphatic carbocycles. The van der Waals surface area contributed by atoms with Gasteiger partial charge >= 0.3 is 5.97 Å². The molecular formula is C15H14N2O4. The molecule has 2 unspecified atom stereocenters. The van der Waals surface area contributed by atoms with Gasteiger partial charge in [0.15, 0.2) is 0 Å². The van der Waals surface area contributed by atoms with Crippen LogP contribution in [0.1, 0.15) is 17.5 Å². The lowest BCUT2D eigenvalue weighted by molar-refractivity contribution is -0.146. The third kappa shape index (κ3) is 3.46. The number of carboxylic acid groups (broad SMARTS) is 1. The summed E-state index contributed by atoms with van der Waals surface area (Å²) in [6, 6.07) is 7.70. The first-order valence-corrected chi connectivity index (χ1v) is 6.41. The number of nitrogens with zero attached hydrogens (tertiary/aromatic N) is 2. The van der Waals surface area contributed by atoms with Crippen LogP contribution in [0.3, 0.4) is 0 Å². The summed E-state index contributed by atoms with van der Waals surface area (Å²) in [5.74, 6) is -1.60. The fourth-order valence-corrected chi connectivity index (χ4v) is 2.27. The number of aliphatic hydroxyl groups excluding tert-OH is 1. The van der Waals surface area contributed by atoms with Crippen LogP contribution in [0.4, 0.5) is 0 Å². The van der Waals surface area contributed by atoms with Crippen LogP contribution in [-0.4, -0.2) is 45.7 Å². The Morgan fingerprint density at radius 1 is 1.43 bits per heavy atom. The number of likely N-dealkylation sites (tertiary alicyclic amines) is 1. The van der Waals surface area contributed by atoms with Crippen molar-refractivity contribution in [1.29, 1.82) is 5.26 Å². The van der Waals surface area contributed by atoms with Crippen LogP contribution in [0, 0.1) is 11.3 Å². The van der Waals surface area contributed by atoms with E-state index in [9.17, 15) is 14.7 Å². The van der Waals surface area contributed by atoms with E-state index < -0.39 is 24.0 Å². The van der Waals surface area contributed by atoms with Crippen molar-refractivity contribution in [3.8, 4) is 6.07 Å². The van der Waals surface area contributed by atoms with E-state index in [2.05, 4.69) is 0 Å². The standard InChI is InChI=1S/C15H14N2O4/c16-8-11-3-1-2-10(6-11)4-5-14(19)17-9-12(18)7-13(17)15(20)21/h1-6,12-13,18H,7,9H2,(H,20,21)/b5-4+. The molecule has 1 aromatic rings. The number of aliphatic hydroxyl groups is 1. The van der Waals surface area contributed by atoms with Gasteiger partial charge in [-0.05, 0) is 23.8 Å². The van der Waals surface area contributed by atoms with Gasteiger partial charge in [0.1, 0.15) is 6.04 Å². The topological polar surface area (TPSA) is 102 Å². The van der Waals surface area contributed by atoms with Crippen molar-refractivity contribution in [1.82, 2.24) is 4.90 Å². The molecule has 1 aliphatic heterocycles. The molecule has 1 saturated heterocycles. The van der Waals surface area contributed by atoms with Gasteiger partial charge in [-0.3, -0.25) is 4.79 Å². The lowest BCUT2D eigenvalue weighted by Gasteiger charge is -2.19. The Kier molecular flexibility index (Phi) is 4.36. The summed E-state index contributed by atoms with van der Waals surface area (Å²) in [6.07, 6.45) is 2.00. The maximum Gasteiger partial charge on any atom is 0.326 e. The number of amides is 1. The predicted octanol–water partition coefficient (Wildman–Crippen LogP) is 0.618. The molecular weight excluding hydrogens is 272 g/mol. The van der Waals surface area contributed by atoms with Crippen LogP contribution in [0.15, 0.2) is 30.3 Å². The molecule has 0 saturated carbocycles. The summed E-state index contributed by atoms with van der Waals surface area (Å²) in [7, 11) is 0. The van der Waals surface area contributed by atoms with Crippen LogP contribution in [0.2, 0.25) is 0 Å². The summed E-state index contributed by atoms with van der Waals surface area (Å²) < 4.78 is 0. The molecule has 1 aliphatic rings. The highest BCUT2D eigenvalue weighted by Crippen LogP contribution is 2.19. The molecule has 1 amide bonds. The van der Waals surface area contributed by atoms with E-state index in [-0.39, 0.29) is 13.0 Å². The number of β-amino-alcohol motifs (C(OH)–C–C–N with tert-alkyl or cyclic N) is 1. The Morgan fingerprint density at radius 2 is 2.19 bits per heavy atom. The second-order valence-electron chi connectivity index (χ2n) is 4.80. The molecule has 1 aromatic carbocycles. The zero-order chi connectivity index (χ0) is 15.4. The van der Waals surface area contributed by atoms with E-state index in [0.717, 1.165) is 4.90 Å². The Bertz CT molecular complexity index is 633. The lowest BCUT2D eigenvalue weighted by Crippen LogP contribution is -2.39. The van der Waals surface area contributed by atoms with E-state index >= 15 is 0 Å². The minimum absolute atomic E-state index is 0.0123. The van der Waals surface area contributed by atoms with Crippen molar-refractivity contribution >= 4 is 18.0 Å². The van der Waals surface area contributed by atoms with Gasteiger partial charge < -0.3 is 15.1 Å². The Labute approximate surface area is 121 Å². The Hall–Kier alpha value is -2.65. The Morgan fingerprint density at radius 3 is 2.86 bits per heavy atom. The monoisotopic (exact) mass is 286 g/mol. The molecule has 21 heavy (non-hydrogen) atoms. The average Bonchev–Trinajstić information content (AvgIpc) is 2.87. The number of hydrogen-bond donors (Lipinski definition) is 2. The van der Waals surface area contributed by atoms with Crippen LogP contribution < -0.4 is 0 Å². The van der Waals surface area contributed by atoms with Gasteiger partial charge in [-0.2, -0.15) is 5.26 Å². The van der Waals surface area contributed by atoms with E-state index in [4.69, 9.17) is 10.4 Å². The summed E-state index contributed by atoms with van der Waals surface area (Å²) in [6.45, 7) is 0.0123. The highest BCUT2D eigenvalue weighted by Gasteiger charge is 2.37. The number of nitriles is 1. The molecule has 2 atom stereocenters. The van der Waals surface area contributed by atoms with Gasteiger partial charge in [0, 0.05) is 19.0 Å². The minimum atomic E-state index is -1.13. The van der Waals surface area contributed by atoms with Crippen molar-refractivity contribution in [2.24, 2.45) is 0 Å². The molecule has 108 valence electrons. The van der Waals surface area contributed by atoms with Crippen molar-refractivity contribution in [3.63, 3.8) is 0 Å². The molecule has 0 spiro atoms. The van der Waals surface area contributed by atoms with Crippen LogP contribution in [0.5, 0.6) is 0 Å². The lowest BCUT2D eigenvalue weighted by atomic mass is 10.1. The molecule has 0 radical (unpaired) electrons. The largest absolute Gasteiger partial charge is 0.480 e. The van der Waals surface area contributed by atoms with Crippen LogP contribution in [0.25, 0.3) is 6.08 Å². The maximum atomic E-state index is 12.0. The quantitative estimate of drug-likeness (QED) is 0.793. The highest BCUT2D eigenvalue weighted by molar-refractivity contribution is 5.94. The average molecular weight is 286 g/mol. The SMILES string of the molecule is N#Cc1cccc(/C=C/C(=O)N2CC(O)CC2C(=O)O)c1. The van der Waals surface area contributed by atoms with Gasteiger partial charge in [-0.15, -0.1) is 0 Å². The Balaban J connectivity index is 2.11. The van der Waals surface area contributed by atoms with E-state index in [1.165, 1.54) is 12.2 Å². The summed E-state index contributed by atoms with van der Waals surface area (Å²) in [5.41, 5.74) is 1.15. The number of carboxylic acids is 1. The molecule has 1 heterocycles. The normalized spacial score (nSPS) is 21.4. The second kappa shape index (κ2) is 6.20.